The number of likely N-dealkylation sites (N-methyl/N-ethyl adjacent to an activating group) is 1. The van der Waals surface area contributed by atoms with Crippen molar-refractivity contribution >= 4 is 24.1 Å². The minimum atomic E-state index is -0.315. The Bertz CT molecular complexity index is 1470. The number of amides is 2. The van der Waals surface area contributed by atoms with Gasteiger partial charge in [-0.15, -0.1) is 0 Å². The molecule has 41 heavy (non-hydrogen) atoms. The van der Waals surface area contributed by atoms with Crippen LogP contribution in [0.3, 0.4) is 0 Å². The van der Waals surface area contributed by atoms with Gasteiger partial charge in [-0.25, -0.2) is 9.78 Å². The summed E-state index contributed by atoms with van der Waals surface area (Å²) in [5, 5.41) is 21.5. The number of benzene rings is 1. The van der Waals surface area contributed by atoms with Crippen molar-refractivity contribution < 1.29 is 9.53 Å². The molecule has 3 aromatic rings. The van der Waals surface area contributed by atoms with Gasteiger partial charge in [0.25, 0.3) is 0 Å². The Kier molecular flexibility index (Phi) is 8.07. The summed E-state index contributed by atoms with van der Waals surface area (Å²) in [4.78, 5) is 27.3. The molecule has 1 saturated heterocycles. The summed E-state index contributed by atoms with van der Waals surface area (Å²) in [6, 6.07) is 12.7. The number of carbonyl (C=O) groups is 1. The van der Waals surface area contributed by atoms with Crippen LogP contribution in [0.25, 0.3) is 0 Å². The van der Waals surface area contributed by atoms with Gasteiger partial charge in [-0.05, 0) is 43.1 Å². The maximum Gasteiger partial charge on any atom is 0.320 e. The quantitative estimate of drug-likeness (QED) is 0.267. The van der Waals surface area contributed by atoms with Crippen molar-refractivity contribution in [1.82, 2.24) is 24.8 Å². The van der Waals surface area contributed by atoms with E-state index in [1.807, 2.05) is 30.3 Å². The van der Waals surface area contributed by atoms with Crippen LogP contribution in [-0.2, 0) is 5.41 Å². The van der Waals surface area contributed by atoms with Crippen molar-refractivity contribution in [1.29, 1.82) is 10.8 Å². The highest BCUT2D eigenvalue weighted by Crippen LogP contribution is 2.38. The molecular weight excluding hydrogens is 518 g/mol. The number of nitrogens with one attached hydrogen (secondary N) is 4. The molecule has 3 heterocycles. The average molecular weight is 558 g/mol. The molecule has 1 aliphatic heterocycles. The monoisotopic (exact) mass is 557 g/mol. The highest BCUT2D eigenvalue weighted by molar-refractivity contribution is 5.88. The van der Waals surface area contributed by atoms with E-state index in [1.165, 1.54) is 4.57 Å². The van der Waals surface area contributed by atoms with Crippen molar-refractivity contribution in [3.05, 3.63) is 71.0 Å². The van der Waals surface area contributed by atoms with E-state index in [0.29, 0.717) is 30.4 Å². The first-order valence-corrected chi connectivity index (χ1v) is 14.0. The number of hydrogen-bond acceptors (Lipinski definition) is 8. The number of urea groups is 1. The molecule has 0 radical (unpaired) electrons. The van der Waals surface area contributed by atoms with Gasteiger partial charge in [0.1, 0.15) is 23.2 Å². The first-order valence-electron chi connectivity index (χ1n) is 14.0. The Hall–Kier alpha value is -4.25. The van der Waals surface area contributed by atoms with Gasteiger partial charge >= 0.3 is 6.03 Å². The Labute approximate surface area is 240 Å². The second-order valence-corrected chi connectivity index (χ2v) is 11.7. The first-order chi connectivity index (χ1) is 19.6. The number of rotatable bonds is 6. The molecule has 0 spiro atoms. The van der Waals surface area contributed by atoms with Crippen LogP contribution < -0.4 is 25.8 Å². The summed E-state index contributed by atoms with van der Waals surface area (Å²) in [7, 11) is 2.11. The minimum Gasteiger partial charge on any atom is -0.484 e. The predicted octanol–water partition coefficient (Wildman–Crippen LogP) is 4.04. The van der Waals surface area contributed by atoms with Crippen molar-refractivity contribution in [2.45, 2.75) is 51.2 Å². The van der Waals surface area contributed by atoms with Crippen molar-refractivity contribution in [2.24, 2.45) is 0 Å². The largest absolute Gasteiger partial charge is 0.484 e. The standard InChI is InChI=1S/C30H39N9O2/c1-30(2,3)25-17-27(35-28(34-25)38-15-13-37(4)14-16-38)36-29(40)33-23-10-11-24(22-8-6-5-7-21(22)23)41-20-9-12-26(32)39(18-20)19-31/h5-9,12,17-19,23-24,31-32H,10-11,13-16H2,1-4H3,(H2,33,34,35,36,40). The Balaban J connectivity index is 1.32. The molecule has 4 N–H and O–H groups in total. The van der Waals surface area contributed by atoms with Gasteiger partial charge in [0.05, 0.1) is 24.3 Å². The summed E-state index contributed by atoms with van der Waals surface area (Å²) in [6.45, 7) is 9.88. The topological polar surface area (TPSA) is 135 Å². The highest BCUT2D eigenvalue weighted by atomic mass is 16.5. The predicted molar refractivity (Wildman–Crippen MR) is 159 cm³/mol. The van der Waals surface area contributed by atoms with E-state index in [0.717, 1.165) is 49.3 Å². The van der Waals surface area contributed by atoms with Crippen molar-refractivity contribution in [3.63, 3.8) is 0 Å². The van der Waals surface area contributed by atoms with Crippen LogP contribution in [0.4, 0.5) is 16.6 Å². The molecule has 2 unspecified atom stereocenters. The zero-order chi connectivity index (χ0) is 29.1. The average Bonchev–Trinajstić information content (AvgIpc) is 2.95. The molecule has 216 valence electrons. The number of fused-ring (bicyclic) bond motifs is 1. The Morgan fingerprint density at radius 1 is 1.05 bits per heavy atom. The van der Waals surface area contributed by atoms with Crippen molar-refractivity contribution in [2.75, 3.05) is 43.4 Å². The fraction of sp³-hybridized carbons (Fsp3) is 0.433. The molecule has 1 aromatic carbocycles. The molecule has 2 atom stereocenters. The van der Waals surface area contributed by atoms with Crippen LogP contribution in [0.15, 0.2) is 48.7 Å². The smallest absolute Gasteiger partial charge is 0.320 e. The van der Waals surface area contributed by atoms with Crippen LogP contribution in [0.1, 0.15) is 62.6 Å². The van der Waals surface area contributed by atoms with E-state index < -0.39 is 0 Å². The number of carbonyl (C=O) groups excluding carboxylic acids is 1. The lowest BCUT2D eigenvalue weighted by atomic mass is 9.85. The summed E-state index contributed by atoms with van der Waals surface area (Å²) in [6.07, 6.45) is 3.91. The maximum atomic E-state index is 13.3. The molecule has 1 fully saturated rings. The van der Waals surface area contributed by atoms with E-state index in [4.69, 9.17) is 25.5 Å². The number of anilines is 2. The fourth-order valence-electron chi connectivity index (χ4n) is 5.20. The molecule has 0 saturated carbocycles. The second-order valence-electron chi connectivity index (χ2n) is 11.7. The van der Waals surface area contributed by atoms with E-state index in [2.05, 4.69) is 48.3 Å². The van der Waals surface area contributed by atoms with E-state index in [-0.39, 0.29) is 29.1 Å². The van der Waals surface area contributed by atoms with E-state index in [1.54, 1.807) is 18.3 Å². The minimum absolute atomic E-state index is 0.186. The number of hydrogen-bond donors (Lipinski definition) is 4. The van der Waals surface area contributed by atoms with Gasteiger partial charge in [0.15, 0.2) is 0 Å². The van der Waals surface area contributed by atoms with Gasteiger partial charge in [-0.2, -0.15) is 4.98 Å². The van der Waals surface area contributed by atoms with Gasteiger partial charge in [-0.3, -0.25) is 20.7 Å². The normalized spacial score (nSPS) is 19.3. The zero-order valence-electron chi connectivity index (χ0n) is 24.1. The summed E-state index contributed by atoms with van der Waals surface area (Å²) < 4.78 is 7.69. The number of ether oxygens (including phenoxy) is 1. The molecule has 1 aliphatic carbocycles. The molecule has 2 aliphatic rings. The lowest BCUT2D eigenvalue weighted by Gasteiger charge is -2.33. The molecule has 2 amide bonds. The number of piperazine rings is 1. The molecular formula is C30H39N9O2. The van der Waals surface area contributed by atoms with E-state index >= 15 is 0 Å². The zero-order valence-corrected chi connectivity index (χ0v) is 24.1. The molecule has 11 nitrogen and oxygen atoms in total. The maximum absolute atomic E-state index is 13.3. The van der Waals surface area contributed by atoms with Crippen LogP contribution in [-0.4, -0.2) is 65.0 Å². The van der Waals surface area contributed by atoms with Crippen LogP contribution in [0, 0.1) is 10.8 Å². The van der Waals surface area contributed by atoms with Gasteiger partial charge in [-0.1, -0.05) is 45.0 Å². The van der Waals surface area contributed by atoms with Crippen LogP contribution >= 0.6 is 0 Å². The summed E-state index contributed by atoms with van der Waals surface area (Å²) in [5.41, 5.74) is 2.90. The van der Waals surface area contributed by atoms with Crippen molar-refractivity contribution in [3.8, 4) is 5.75 Å². The van der Waals surface area contributed by atoms with E-state index in [9.17, 15) is 4.79 Å². The number of pyridine rings is 1. The molecule has 11 heteroatoms. The third kappa shape index (κ3) is 6.57. The van der Waals surface area contributed by atoms with Gasteiger partial charge < -0.3 is 19.9 Å². The lowest BCUT2D eigenvalue weighted by molar-refractivity contribution is 0.171. The fourth-order valence-corrected chi connectivity index (χ4v) is 5.20. The van der Waals surface area contributed by atoms with Gasteiger partial charge in [0.2, 0.25) is 5.95 Å². The first kappa shape index (κ1) is 28.3. The SMILES string of the molecule is CN1CCN(c2nc(NC(=O)NC3CCC(Oc4ccc(=N)n(C=N)c4)c4ccccc43)cc(C(C)(C)C)n2)CC1. The van der Waals surface area contributed by atoms with Crippen LogP contribution in [0.2, 0.25) is 0 Å². The highest BCUT2D eigenvalue weighted by Gasteiger charge is 2.30. The summed E-state index contributed by atoms with van der Waals surface area (Å²) in [5.74, 6) is 1.72. The number of aromatic nitrogens is 3. The molecule has 5 rings (SSSR count). The third-order valence-electron chi connectivity index (χ3n) is 7.62. The van der Waals surface area contributed by atoms with Gasteiger partial charge in [0, 0.05) is 37.7 Å². The van der Waals surface area contributed by atoms with Crippen LogP contribution in [0.5, 0.6) is 5.75 Å². The second kappa shape index (κ2) is 11.7. The molecule has 0 bridgehead atoms. The Morgan fingerprint density at radius 2 is 1.78 bits per heavy atom. The third-order valence-corrected chi connectivity index (χ3v) is 7.62. The number of nitrogens with zero attached hydrogens (tertiary/aromatic N) is 5. The lowest BCUT2D eigenvalue weighted by Crippen LogP contribution is -2.45. The molecule has 2 aromatic heterocycles. The Morgan fingerprint density at radius 3 is 2.49 bits per heavy atom. The summed E-state index contributed by atoms with van der Waals surface area (Å²) >= 11 is 0.